The number of hydrogen-bond donors (Lipinski definition) is 0. The SMILES string of the molecule is CC(C)(C)[C@@H]1Cc2ccc3ccccc3c2-c2c(ccc3ccccc23)[C@H]1[C@@H]1c2ccc3ccccc3c2-c2c(ccc3ccccc23)C[P@@]1C(C)(C)C. The first-order valence-corrected chi connectivity index (χ1v) is 21.5. The molecule has 0 radical (unpaired) electrons. The van der Waals surface area contributed by atoms with Crippen LogP contribution >= 0.6 is 7.92 Å². The largest absolute Gasteiger partial charge is 0.0883 e. The standard InChI is InChI=1S/C53H49P/c1-52(2,3)45-31-37-25-23-33-15-7-11-19-39(33)46(37)48-41-21-13-9-17-35(41)27-29-43(48)50(45)51-44-30-28-36-18-10-14-22-42(36)49(44)47-38(32-54(51)53(4,5)6)26-24-34-16-8-12-20-40(34)47/h7-30,45,50-51H,31-32H2,1-6H3/t45-,50-,51+,54-/m1/s1. The van der Waals surface area contributed by atoms with Crippen molar-refractivity contribution in [2.24, 2.45) is 11.3 Å². The first-order valence-electron chi connectivity index (χ1n) is 19.9. The maximum absolute atomic E-state index is 2.58. The molecule has 4 atom stereocenters. The summed E-state index contributed by atoms with van der Waals surface area (Å²) in [6.07, 6.45) is 2.17. The second-order valence-electron chi connectivity index (χ2n) is 18.1. The van der Waals surface area contributed by atoms with Gasteiger partial charge in [0.05, 0.1) is 0 Å². The molecule has 54 heavy (non-hydrogen) atoms. The lowest BCUT2D eigenvalue weighted by Gasteiger charge is -2.47. The molecule has 1 heteroatoms. The average Bonchev–Trinajstić information content (AvgIpc) is 3.43. The van der Waals surface area contributed by atoms with Gasteiger partial charge in [-0.1, -0.05) is 195 Å². The normalized spacial score (nSPS) is 19.9. The van der Waals surface area contributed by atoms with Gasteiger partial charge in [-0.3, -0.25) is 0 Å². The van der Waals surface area contributed by atoms with E-state index in [-0.39, 0.29) is 10.6 Å². The van der Waals surface area contributed by atoms with Gasteiger partial charge in [-0.25, -0.2) is 0 Å². The van der Waals surface area contributed by atoms with Crippen molar-refractivity contribution in [2.45, 2.75) is 70.9 Å². The van der Waals surface area contributed by atoms with Gasteiger partial charge in [0.2, 0.25) is 0 Å². The zero-order valence-corrected chi connectivity index (χ0v) is 33.3. The average molecular weight is 717 g/mol. The summed E-state index contributed by atoms with van der Waals surface area (Å²) in [6.45, 7) is 15.2. The minimum Gasteiger partial charge on any atom is -0.0883 e. The predicted molar refractivity (Wildman–Crippen MR) is 236 cm³/mol. The summed E-state index contributed by atoms with van der Waals surface area (Å²) in [7, 11) is -0.574. The lowest BCUT2D eigenvalue weighted by atomic mass is 9.66. The van der Waals surface area contributed by atoms with Crippen LogP contribution in [0.3, 0.4) is 0 Å². The molecule has 0 fully saturated rings. The van der Waals surface area contributed by atoms with Gasteiger partial charge in [0, 0.05) is 5.66 Å². The fourth-order valence-corrected chi connectivity index (χ4v) is 13.9. The second kappa shape index (κ2) is 12.4. The van der Waals surface area contributed by atoms with E-state index in [4.69, 9.17) is 0 Å². The molecule has 266 valence electrons. The van der Waals surface area contributed by atoms with Crippen molar-refractivity contribution < 1.29 is 0 Å². The number of rotatable bonds is 1. The number of benzene rings is 8. The number of fused-ring (bicyclic) bond motifs is 14. The van der Waals surface area contributed by atoms with Crippen molar-refractivity contribution in [3.05, 3.63) is 168 Å². The van der Waals surface area contributed by atoms with E-state index < -0.39 is 7.92 Å². The maximum Gasteiger partial charge on any atom is 0.0128 e. The summed E-state index contributed by atoms with van der Waals surface area (Å²) in [5, 5.41) is 11.0. The van der Waals surface area contributed by atoms with Gasteiger partial charge >= 0.3 is 0 Å². The van der Waals surface area contributed by atoms with Gasteiger partial charge in [-0.2, -0.15) is 0 Å². The third-order valence-corrected chi connectivity index (χ3v) is 16.7. The van der Waals surface area contributed by atoms with E-state index in [9.17, 15) is 0 Å². The molecular formula is C53H49P. The first-order chi connectivity index (χ1) is 26.1. The third-order valence-electron chi connectivity index (χ3n) is 13.0. The topological polar surface area (TPSA) is 0 Å². The first kappa shape index (κ1) is 33.8. The van der Waals surface area contributed by atoms with Crippen molar-refractivity contribution in [1.29, 1.82) is 0 Å². The lowest BCUT2D eigenvalue weighted by Crippen LogP contribution is -2.33. The maximum atomic E-state index is 2.58. The summed E-state index contributed by atoms with van der Waals surface area (Å²) in [5.41, 5.74) is 12.4. The summed E-state index contributed by atoms with van der Waals surface area (Å²) >= 11 is 0. The zero-order valence-electron chi connectivity index (χ0n) is 32.4. The van der Waals surface area contributed by atoms with Crippen LogP contribution < -0.4 is 0 Å². The quantitative estimate of drug-likeness (QED) is 0.148. The van der Waals surface area contributed by atoms with E-state index in [1.54, 1.807) is 11.1 Å². The van der Waals surface area contributed by atoms with E-state index in [1.807, 2.05) is 0 Å². The van der Waals surface area contributed by atoms with Gasteiger partial charge < -0.3 is 0 Å². The minimum absolute atomic E-state index is 0.0581. The number of hydrogen-bond acceptors (Lipinski definition) is 0. The third kappa shape index (κ3) is 5.21. The van der Waals surface area contributed by atoms with Crippen LogP contribution in [0.2, 0.25) is 0 Å². The lowest BCUT2D eigenvalue weighted by molar-refractivity contribution is 0.196. The van der Waals surface area contributed by atoms with E-state index in [0.29, 0.717) is 17.5 Å². The van der Waals surface area contributed by atoms with Crippen molar-refractivity contribution >= 4 is 51.0 Å². The molecule has 0 spiro atoms. The fraction of sp³-hybridized carbons (Fsp3) is 0.245. The van der Waals surface area contributed by atoms with Crippen molar-refractivity contribution in [3.8, 4) is 22.3 Å². The Bertz CT molecular complexity index is 2580. The van der Waals surface area contributed by atoms with Crippen LogP contribution in [0.4, 0.5) is 0 Å². The Morgan fingerprint density at radius 3 is 1.33 bits per heavy atom. The van der Waals surface area contributed by atoms with Crippen LogP contribution in [0.15, 0.2) is 146 Å². The van der Waals surface area contributed by atoms with E-state index in [1.165, 1.54) is 76.5 Å². The molecule has 1 aliphatic heterocycles. The van der Waals surface area contributed by atoms with Crippen LogP contribution in [0.5, 0.6) is 0 Å². The Morgan fingerprint density at radius 1 is 0.426 bits per heavy atom. The van der Waals surface area contributed by atoms with E-state index >= 15 is 0 Å². The highest BCUT2D eigenvalue weighted by Crippen LogP contribution is 2.73. The summed E-state index contributed by atoms with van der Waals surface area (Å²) in [6, 6.07) is 56.4. The van der Waals surface area contributed by atoms with E-state index in [2.05, 4.69) is 187 Å². The predicted octanol–water partition coefficient (Wildman–Crippen LogP) is 15.5. The molecule has 0 amide bonds. The van der Waals surface area contributed by atoms with Crippen LogP contribution in [0.1, 0.15) is 75.4 Å². The van der Waals surface area contributed by atoms with Gasteiger partial charge in [0.15, 0.2) is 0 Å². The molecule has 8 aromatic carbocycles. The molecule has 0 saturated carbocycles. The minimum atomic E-state index is -0.574. The molecule has 0 saturated heterocycles. The van der Waals surface area contributed by atoms with Crippen molar-refractivity contribution in [3.63, 3.8) is 0 Å². The smallest absolute Gasteiger partial charge is 0.0128 e. The molecule has 0 unspecified atom stereocenters. The highest BCUT2D eigenvalue weighted by atomic mass is 31.1. The molecule has 1 aliphatic carbocycles. The molecule has 0 N–H and O–H groups in total. The van der Waals surface area contributed by atoms with Crippen molar-refractivity contribution in [2.75, 3.05) is 0 Å². The second-order valence-corrected chi connectivity index (χ2v) is 21.2. The van der Waals surface area contributed by atoms with E-state index in [0.717, 1.165) is 12.6 Å². The summed E-state index contributed by atoms with van der Waals surface area (Å²) in [5.74, 6) is 0.719. The summed E-state index contributed by atoms with van der Waals surface area (Å²) in [4.78, 5) is 0. The Hall–Kier alpha value is -4.77. The van der Waals surface area contributed by atoms with Crippen LogP contribution in [0, 0.1) is 11.3 Å². The Balaban J connectivity index is 1.38. The van der Waals surface area contributed by atoms with Gasteiger partial charge in [-0.15, -0.1) is 0 Å². The fourth-order valence-electron chi connectivity index (χ4n) is 10.5. The monoisotopic (exact) mass is 716 g/mol. The van der Waals surface area contributed by atoms with Crippen molar-refractivity contribution in [1.82, 2.24) is 0 Å². The van der Waals surface area contributed by atoms with Crippen LogP contribution in [-0.4, -0.2) is 5.16 Å². The highest BCUT2D eigenvalue weighted by molar-refractivity contribution is 7.59. The van der Waals surface area contributed by atoms with Crippen LogP contribution in [0.25, 0.3) is 65.3 Å². The molecule has 10 rings (SSSR count). The molecule has 2 aliphatic rings. The van der Waals surface area contributed by atoms with Gasteiger partial charge in [-0.05, 0) is 123 Å². The zero-order chi connectivity index (χ0) is 36.9. The molecule has 8 aromatic rings. The van der Waals surface area contributed by atoms with Crippen LogP contribution in [-0.2, 0) is 12.6 Å². The Morgan fingerprint density at radius 2 is 0.833 bits per heavy atom. The Labute approximate surface area is 322 Å². The van der Waals surface area contributed by atoms with Gasteiger partial charge in [0.25, 0.3) is 0 Å². The molecule has 0 bridgehead atoms. The van der Waals surface area contributed by atoms with Gasteiger partial charge in [0.1, 0.15) is 0 Å². The molecule has 0 nitrogen and oxygen atoms in total. The summed E-state index contributed by atoms with van der Waals surface area (Å²) < 4.78 is 0. The Kier molecular flexibility index (Phi) is 7.74. The molecule has 0 aromatic heterocycles. The highest BCUT2D eigenvalue weighted by Gasteiger charge is 2.49. The molecular weight excluding hydrogens is 668 g/mol. The molecule has 1 heterocycles.